The molecule has 0 fully saturated rings. The Bertz CT molecular complexity index is 558. The number of ether oxygens (including phenoxy) is 1. The van der Waals surface area contributed by atoms with Gasteiger partial charge in [0.25, 0.3) is 0 Å². The predicted molar refractivity (Wildman–Crippen MR) is 77.6 cm³/mol. The van der Waals surface area contributed by atoms with Gasteiger partial charge in [0.05, 0.1) is 19.9 Å². The average molecular weight is 259 g/mol. The number of aryl methyl sites for hydroxylation is 2. The maximum Gasteiger partial charge on any atom is 0.125 e. The Labute approximate surface area is 114 Å². The second kappa shape index (κ2) is 5.93. The zero-order valence-electron chi connectivity index (χ0n) is 12.0. The van der Waals surface area contributed by atoms with Crippen molar-refractivity contribution in [3.05, 3.63) is 41.3 Å². The molecule has 3 heteroatoms. The molecule has 0 amide bonds. The highest BCUT2D eigenvalue weighted by atomic mass is 16.5. The maximum atomic E-state index is 5.58. The molecule has 3 nitrogen and oxygen atoms in total. The molecule has 1 aromatic heterocycles. The van der Waals surface area contributed by atoms with Crippen LogP contribution in [-0.2, 0) is 6.54 Å². The molecule has 1 heterocycles. The molecule has 1 aromatic carbocycles. The predicted octanol–water partition coefficient (Wildman–Crippen LogP) is 3.68. The summed E-state index contributed by atoms with van der Waals surface area (Å²) in [6.07, 6.45) is 1.75. The van der Waals surface area contributed by atoms with E-state index in [-0.39, 0.29) is 0 Å². The van der Waals surface area contributed by atoms with Gasteiger partial charge in [0.15, 0.2) is 0 Å². The summed E-state index contributed by atoms with van der Waals surface area (Å²) in [5.41, 5.74) is 4.70. The van der Waals surface area contributed by atoms with Crippen molar-refractivity contribution in [1.82, 2.24) is 5.32 Å². The van der Waals surface area contributed by atoms with E-state index in [0.717, 1.165) is 35.7 Å². The Hall–Kier alpha value is -1.74. The van der Waals surface area contributed by atoms with Gasteiger partial charge >= 0.3 is 0 Å². The molecule has 102 valence electrons. The van der Waals surface area contributed by atoms with Gasteiger partial charge in [-0.3, -0.25) is 0 Å². The molecule has 0 aliphatic carbocycles. The van der Waals surface area contributed by atoms with Crippen LogP contribution in [0, 0.1) is 13.8 Å². The summed E-state index contributed by atoms with van der Waals surface area (Å²) in [5.74, 6) is 1.91. The summed E-state index contributed by atoms with van der Waals surface area (Å²) >= 11 is 0. The molecule has 0 aliphatic rings. The first-order chi connectivity index (χ1) is 9.17. The summed E-state index contributed by atoms with van der Waals surface area (Å²) in [4.78, 5) is 0. The first-order valence-corrected chi connectivity index (χ1v) is 6.60. The van der Waals surface area contributed by atoms with Crippen LogP contribution in [0.1, 0.15) is 23.8 Å². The Morgan fingerprint density at radius 2 is 1.95 bits per heavy atom. The molecule has 0 saturated carbocycles. The van der Waals surface area contributed by atoms with E-state index in [0.29, 0.717) is 0 Å². The lowest BCUT2D eigenvalue weighted by Gasteiger charge is -2.11. The lowest BCUT2D eigenvalue weighted by Crippen LogP contribution is -2.11. The van der Waals surface area contributed by atoms with E-state index in [2.05, 4.69) is 38.2 Å². The smallest absolute Gasteiger partial charge is 0.125 e. The molecule has 0 atom stereocenters. The number of methoxy groups -OCH3 is 1. The minimum Gasteiger partial charge on any atom is -0.496 e. The van der Waals surface area contributed by atoms with Crippen molar-refractivity contribution in [3.63, 3.8) is 0 Å². The lowest BCUT2D eigenvalue weighted by molar-refractivity contribution is 0.411. The number of furan rings is 1. The van der Waals surface area contributed by atoms with Crippen molar-refractivity contribution < 1.29 is 9.15 Å². The third-order valence-electron chi connectivity index (χ3n) is 3.31. The highest BCUT2D eigenvalue weighted by molar-refractivity contribution is 5.71. The second-order valence-electron chi connectivity index (χ2n) is 4.67. The number of hydrogen-bond acceptors (Lipinski definition) is 3. The molecular formula is C16H21NO2. The molecule has 0 unspecified atom stereocenters. The molecule has 0 spiro atoms. The average Bonchev–Trinajstić information content (AvgIpc) is 2.86. The van der Waals surface area contributed by atoms with Gasteiger partial charge < -0.3 is 14.5 Å². The Morgan fingerprint density at radius 1 is 1.16 bits per heavy atom. The van der Waals surface area contributed by atoms with Crippen molar-refractivity contribution in [1.29, 1.82) is 0 Å². The Balaban J connectivity index is 2.42. The molecule has 0 saturated heterocycles. The SMILES string of the molecule is CCNCc1occc1-c1cc(C)c(OC)cc1C. The minimum absolute atomic E-state index is 0.753. The molecule has 2 aromatic rings. The molecule has 0 radical (unpaired) electrons. The van der Waals surface area contributed by atoms with Crippen molar-refractivity contribution in [2.75, 3.05) is 13.7 Å². The van der Waals surface area contributed by atoms with Crippen molar-refractivity contribution >= 4 is 0 Å². The van der Waals surface area contributed by atoms with Crippen LogP contribution < -0.4 is 10.1 Å². The van der Waals surface area contributed by atoms with Gasteiger partial charge in [-0.1, -0.05) is 6.92 Å². The number of rotatable bonds is 5. The van der Waals surface area contributed by atoms with Gasteiger partial charge in [-0.25, -0.2) is 0 Å². The Morgan fingerprint density at radius 3 is 2.63 bits per heavy atom. The monoisotopic (exact) mass is 259 g/mol. The minimum atomic E-state index is 0.753. The fourth-order valence-electron chi connectivity index (χ4n) is 2.26. The number of hydrogen-bond donors (Lipinski definition) is 1. The van der Waals surface area contributed by atoms with Gasteiger partial charge in [0.1, 0.15) is 11.5 Å². The second-order valence-corrected chi connectivity index (χ2v) is 4.67. The normalized spacial score (nSPS) is 10.7. The third kappa shape index (κ3) is 2.82. The van der Waals surface area contributed by atoms with Crippen molar-refractivity contribution in [2.24, 2.45) is 0 Å². The van der Waals surface area contributed by atoms with E-state index < -0.39 is 0 Å². The summed E-state index contributed by atoms with van der Waals surface area (Å²) in [6.45, 7) is 7.93. The van der Waals surface area contributed by atoms with E-state index in [1.165, 1.54) is 11.1 Å². The number of nitrogens with one attached hydrogen (secondary N) is 1. The molecule has 2 rings (SSSR count). The maximum absolute atomic E-state index is 5.58. The van der Waals surface area contributed by atoms with E-state index >= 15 is 0 Å². The first-order valence-electron chi connectivity index (χ1n) is 6.60. The zero-order valence-corrected chi connectivity index (χ0v) is 12.0. The first kappa shape index (κ1) is 13.7. The zero-order chi connectivity index (χ0) is 13.8. The Kier molecular flexibility index (Phi) is 4.27. The van der Waals surface area contributed by atoms with Crippen LogP contribution in [0.3, 0.4) is 0 Å². The van der Waals surface area contributed by atoms with Gasteiger partial charge in [-0.2, -0.15) is 0 Å². The summed E-state index contributed by atoms with van der Waals surface area (Å²) < 4.78 is 10.9. The van der Waals surface area contributed by atoms with Crippen LogP contribution in [0.5, 0.6) is 5.75 Å². The van der Waals surface area contributed by atoms with Crippen molar-refractivity contribution in [2.45, 2.75) is 27.3 Å². The molecule has 0 aliphatic heterocycles. The molecular weight excluding hydrogens is 238 g/mol. The van der Waals surface area contributed by atoms with Crippen LogP contribution >= 0.6 is 0 Å². The van der Waals surface area contributed by atoms with Gasteiger partial charge in [0, 0.05) is 5.56 Å². The molecule has 0 bridgehead atoms. The van der Waals surface area contributed by atoms with Gasteiger partial charge in [-0.15, -0.1) is 0 Å². The van der Waals surface area contributed by atoms with E-state index in [4.69, 9.17) is 9.15 Å². The summed E-state index contributed by atoms with van der Waals surface area (Å²) in [6, 6.07) is 6.27. The van der Waals surface area contributed by atoms with E-state index in [9.17, 15) is 0 Å². The van der Waals surface area contributed by atoms with Gasteiger partial charge in [-0.05, 0) is 55.3 Å². The molecule has 19 heavy (non-hydrogen) atoms. The van der Waals surface area contributed by atoms with Crippen molar-refractivity contribution in [3.8, 4) is 16.9 Å². The molecule has 1 N–H and O–H groups in total. The quantitative estimate of drug-likeness (QED) is 0.889. The van der Waals surface area contributed by atoms with Gasteiger partial charge in [0.2, 0.25) is 0 Å². The van der Waals surface area contributed by atoms with Crippen LogP contribution in [0.15, 0.2) is 28.9 Å². The van der Waals surface area contributed by atoms with Crippen LogP contribution in [0.25, 0.3) is 11.1 Å². The van der Waals surface area contributed by atoms with E-state index in [1.807, 2.05) is 6.07 Å². The summed E-state index contributed by atoms with van der Waals surface area (Å²) in [5, 5.41) is 3.30. The van der Waals surface area contributed by atoms with Crippen LogP contribution in [0.2, 0.25) is 0 Å². The largest absolute Gasteiger partial charge is 0.496 e. The fraction of sp³-hybridized carbons (Fsp3) is 0.375. The van der Waals surface area contributed by atoms with Crippen LogP contribution in [0.4, 0.5) is 0 Å². The topological polar surface area (TPSA) is 34.4 Å². The lowest BCUT2D eigenvalue weighted by atomic mass is 9.98. The van der Waals surface area contributed by atoms with Crippen LogP contribution in [-0.4, -0.2) is 13.7 Å². The highest BCUT2D eigenvalue weighted by Crippen LogP contribution is 2.32. The fourth-order valence-corrected chi connectivity index (χ4v) is 2.26. The summed E-state index contributed by atoms with van der Waals surface area (Å²) in [7, 11) is 1.70. The van der Waals surface area contributed by atoms with E-state index in [1.54, 1.807) is 13.4 Å². The number of benzene rings is 1. The standard InChI is InChI=1S/C16H21NO2/c1-5-17-10-16-13(6-7-19-16)14-8-12(3)15(18-4)9-11(14)2/h6-9,17H,5,10H2,1-4H3. The third-order valence-corrected chi connectivity index (χ3v) is 3.31. The highest BCUT2D eigenvalue weighted by Gasteiger charge is 2.12.